The summed E-state index contributed by atoms with van der Waals surface area (Å²) in [6.07, 6.45) is 0. The van der Waals surface area contributed by atoms with Crippen LogP contribution in [0, 0.1) is 0 Å². The van der Waals surface area contributed by atoms with Crippen molar-refractivity contribution in [2.75, 3.05) is 4.90 Å². The molecule has 0 saturated carbocycles. The van der Waals surface area contributed by atoms with Gasteiger partial charge in [0.15, 0.2) is 0 Å². The van der Waals surface area contributed by atoms with Gasteiger partial charge in [-0.05, 0) is 137 Å². The molecule has 0 saturated heterocycles. The molecule has 11 rings (SSSR count). The third kappa shape index (κ3) is 5.53. The third-order valence-electron chi connectivity index (χ3n) is 13.3. The first-order valence-electron chi connectivity index (χ1n) is 20.8. The highest BCUT2D eigenvalue weighted by Gasteiger charge is 2.38. The van der Waals surface area contributed by atoms with Gasteiger partial charge in [0.05, 0.1) is 0 Å². The minimum atomic E-state index is -0.155. The number of anilines is 3. The average Bonchev–Trinajstić information content (AvgIpc) is 3.66. The molecule has 0 aliphatic heterocycles. The minimum Gasteiger partial charge on any atom is -0.310 e. The molecule has 9 aromatic carbocycles. The van der Waals surface area contributed by atoms with Gasteiger partial charge >= 0.3 is 0 Å². The van der Waals surface area contributed by atoms with Crippen molar-refractivity contribution in [1.29, 1.82) is 0 Å². The summed E-state index contributed by atoms with van der Waals surface area (Å²) in [6, 6.07) is 74.1. The Morgan fingerprint density at radius 1 is 0.288 bits per heavy atom. The fourth-order valence-electron chi connectivity index (χ4n) is 10.1. The molecular weight excluding hydrogens is 711 g/mol. The van der Waals surface area contributed by atoms with Crippen LogP contribution in [0.2, 0.25) is 0 Å². The molecule has 0 amide bonds. The Kier molecular flexibility index (Phi) is 7.94. The van der Waals surface area contributed by atoms with Gasteiger partial charge in [-0.2, -0.15) is 0 Å². The second-order valence-electron chi connectivity index (χ2n) is 17.3. The lowest BCUT2D eigenvalue weighted by atomic mass is 9.80. The molecule has 0 spiro atoms. The highest BCUT2D eigenvalue weighted by molar-refractivity contribution is 6.09. The van der Waals surface area contributed by atoms with Gasteiger partial charge in [-0.3, -0.25) is 0 Å². The summed E-state index contributed by atoms with van der Waals surface area (Å²) < 4.78 is 0. The van der Waals surface area contributed by atoms with E-state index < -0.39 is 0 Å². The van der Waals surface area contributed by atoms with Gasteiger partial charge in [0.2, 0.25) is 0 Å². The Labute approximate surface area is 347 Å². The van der Waals surface area contributed by atoms with Crippen molar-refractivity contribution in [3.63, 3.8) is 0 Å². The number of hydrogen-bond acceptors (Lipinski definition) is 1. The molecule has 1 nitrogen and oxygen atoms in total. The van der Waals surface area contributed by atoms with E-state index in [1.165, 1.54) is 88.7 Å². The van der Waals surface area contributed by atoms with Crippen LogP contribution in [-0.2, 0) is 10.8 Å². The number of hydrogen-bond donors (Lipinski definition) is 0. The summed E-state index contributed by atoms with van der Waals surface area (Å²) in [6.45, 7) is 9.50. The SMILES string of the molecule is CC1(C)c2ccccc2-c2ccc(N(c3ccc(-c4ccccc4)cc3)c3ccc(-c4ccc5c(c4)C(C)(C)c4cc(-c6ccccc6)c6ccccc6c4-5)cc3)cc21. The highest BCUT2D eigenvalue weighted by atomic mass is 15.1. The summed E-state index contributed by atoms with van der Waals surface area (Å²) in [4.78, 5) is 2.41. The van der Waals surface area contributed by atoms with Crippen LogP contribution in [0.4, 0.5) is 17.1 Å². The maximum absolute atomic E-state index is 2.46. The van der Waals surface area contributed by atoms with Gasteiger partial charge in [-0.15, -0.1) is 0 Å². The van der Waals surface area contributed by atoms with Crippen molar-refractivity contribution in [2.24, 2.45) is 0 Å². The summed E-state index contributed by atoms with van der Waals surface area (Å²) >= 11 is 0. The molecule has 59 heavy (non-hydrogen) atoms. The van der Waals surface area contributed by atoms with E-state index in [0.717, 1.165) is 17.1 Å². The Balaban J connectivity index is 0.991. The molecule has 1 heteroatoms. The van der Waals surface area contributed by atoms with E-state index in [-0.39, 0.29) is 10.8 Å². The van der Waals surface area contributed by atoms with Crippen molar-refractivity contribution in [3.05, 3.63) is 222 Å². The van der Waals surface area contributed by atoms with Crippen LogP contribution in [-0.4, -0.2) is 0 Å². The van der Waals surface area contributed by atoms with Gasteiger partial charge in [-0.25, -0.2) is 0 Å². The lowest BCUT2D eigenvalue weighted by molar-refractivity contribution is 0.660. The van der Waals surface area contributed by atoms with E-state index >= 15 is 0 Å². The topological polar surface area (TPSA) is 3.24 Å². The molecule has 0 fully saturated rings. The van der Waals surface area contributed by atoms with Crippen LogP contribution >= 0.6 is 0 Å². The standard InChI is InChI=1S/C58H45N/c1-57(2)52-22-14-13-20-47(52)48-34-32-45(36-54(48)57)59(43-28-23-39(24-29-43)38-15-7-5-8-16-38)44-30-25-40(26-31-44)42-27-33-50-53(35-42)58(3,4)55-37-51(41-17-9-6-10-18-41)46-19-11-12-21-49(46)56(50)55/h5-37H,1-4H3. The Bertz CT molecular complexity index is 3060. The zero-order valence-electron chi connectivity index (χ0n) is 34.0. The van der Waals surface area contributed by atoms with Crippen LogP contribution < -0.4 is 4.90 Å². The van der Waals surface area contributed by atoms with E-state index in [4.69, 9.17) is 0 Å². The lowest BCUT2D eigenvalue weighted by Crippen LogP contribution is -2.16. The first kappa shape index (κ1) is 35.2. The molecule has 0 radical (unpaired) electrons. The Hall–Kier alpha value is -6.96. The van der Waals surface area contributed by atoms with Crippen LogP contribution in [0.1, 0.15) is 49.9 Å². The van der Waals surface area contributed by atoms with Crippen molar-refractivity contribution in [2.45, 2.75) is 38.5 Å². The largest absolute Gasteiger partial charge is 0.310 e. The Morgan fingerprint density at radius 2 is 0.763 bits per heavy atom. The molecule has 0 atom stereocenters. The first-order valence-corrected chi connectivity index (χ1v) is 20.8. The van der Waals surface area contributed by atoms with E-state index in [1.807, 2.05) is 0 Å². The van der Waals surface area contributed by atoms with Gasteiger partial charge in [0.25, 0.3) is 0 Å². The van der Waals surface area contributed by atoms with E-state index in [2.05, 4.69) is 233 Å². The fraction of sp³-hybridized carbons (Fsp3) is 0.103. The predicted molar refractivity (Wildman–Crippen MR) is 250 cm³/mol. The smallest absolute Gasteiger partial charge is 0.0465 e. The highest BCUT2D eigenvalue weighted by Crippen LogP contribution is 2.54. The van der Waals surface area contributed by atoms with Crippen molar-refractivity contribution in [1.82, 2.24) is 0 Å². The molecule has 0 heterocycles. The van der Waals surface area contributed by atoms with Crippen LogP contribution in [0.3, 0.4) is 0 Å². The Morgan fingerprint density at radius 3 is 1.46 bits per heavy atom. The maximum Gasteiger partial charge on any atom is 0.0465 e. The average molecular weight is 756 g/mol. The van der Waals surface area contributed by atoms with Gasteiger partial charge in [0.1, 0.15) is 0 Å². The summed E-state index contributed by atoms with van der Waals surface area (Å²) in [5.74, 6) is 0. The maximum atomic E-state index is 2.46. The number of nitrogens with zero attached hydrogens (tertiary/aromatic N) is 1. The quantitative estimate of drug-likeness (QED) is 0.163. The normalized spacial score (nSPS) is 14.0. The molecule has 0 aromatic heterocycles. The van der Waals surface area contributed by atoms with Crippen molar-refractivity contribution >= 4 is 27.8 Å². The zero-order chi connectivity index (χ0) is 39.9. The number of rotatable bonds is 6. The molecule has 2 aliphatic carbocycles. The molecule has 9 aromatic rings. The zero-order valence-corrected chi connectivity index (χ0v) is 34.0. The molecule has 0 bridgehead atoms. The van der Waals surface area contributed by atoms with E-state index in [9.17, 15) is 0 Å². The third-order valence-corrected chi connectivity index (χ3v) is 13.3. The lowest BCUT2D eigenvalue weighted by Gasteiger charge is -2.28. The van der Waals surface area contributed by atoms with Gasteiger partial charge in [-0.1, -0.05) is 179 Å². The van der Waals surface area contributed by atoms with Gasteiger partial charge in [0, 0.05) is 27.9 Å². The van der Waals surface area contributed by atoms with Crippen LogP contribution in [0.15, 0.2) is 200 Å². The monoisotopic (exact) mass is 755 g/mol. The summed E-state index contributed by atoms with van der Waals surface area (Å²) in [7, 11) is 0. The minimum absolute atomic E-state index is 0.0922. The number of benzene rings is 9. The fourth-order valence-corrected chi connectivity index (χ4v) is 10.1. The molecule has 2 aliphatic rings. The van der Waals surface area contributed by atoms with Crippen molar-refractivity contribution < 1.29 is 0 Å². The molecule has 0 unspecified atom stereocenters. The van der Waals surface area contributed by atoms with Gasteiger partial charge < -0.3 is 4.90 Å². The van der Waals surface area contributed by atoms with E-state index in [1.54, 1.807) is 0 Å². The second-order valence-corrected chi connectivity index (χ2v) is 17.3. The molecule has 0 N–H and O–H groups in total. The van der Waals surface area contributed by atoms with Crippen LogP contribution in [0.25, 0.3) is 66.4 Å². The van der Waals surface area contributed by atoms with E-state index in [0.29, 0.717) is 0 Å². The molecular formula is C58H45N. The predicted octanol–water partition coefficient (Wildman–Crippen LogP) is 15.9. The van der Waals surface area contributed by atoms with Crippen molar-refractivity contribution in [3.8, 4) is 55.6 Å². The van der Waals surface area contributed by atoms with Crippen LogP contribution in [0.5, 0.6) is 0 Å². The summed E-state index contributed by atoms with van der Waals surface area (Å²) in [5, 5.41) is 2.62. The summed E-state index contributed by atoms with van der Waals surface area (Å²) in [5.41, 5.74) is 21.5. The number of fused-ring (bicyclic) bond motifs is 8. The first-order chi connectivity index (χ1) is 28.8. The molecule has 282 valence electrons. The second kappa shape index (κ2) is 13.3.